The van der Waals surface area contributed by atoms with Crippen LogP contribution in [-0.2, 0) is 6.42 Å². The van der Waals surface area contributed by atoms with Crippen LogP contribution in [0.25, 0.3) is 11.3 Å². The van der Waals surface area contributed by atoms with Gasteiger partial charge in [0.05, 0.1) is 18.2 Å². The van der Waals surface area contributed by atoms with Gasteiger partial charge in [-0.05, 0) is 43.5 Å². The first kappa shape index (κ1) is 12.3. The number of hydrogen-bond donors (Lipinski definition) is 0. The minimum Gasteiger partial charge on any atom is -0.240 e. The summed E-state index contributed by atoms with van der Waals surface area (Å²) in [5.74, 6) is 0.577. The molecule has 0 amide bonds. The molecule has 1 heterocycles. The second-order valence-electron chi connectivity index (χ2n) is 4.37. The van der Waals surface area contributed by atoms with Crippen molar-refractivity contribution in [3.8, 4) is 17.3 Å². The van der Waals surface area contributed by atoms with Gasteiger partial charge in [-0.1, -0.05) is 12.1 Å². The number of benzene rings is 1. The molecule has 1 aromatic heterocycles. The molecule has 0 saturated carbocycles. The zero-order chi connectivity index (χ0) is 13.1. The van der Waals surface area contributed by atoms with Gasteiger partial charge in [0, 0.05) is 11.8 Å². The summed E-state index contributed by atoms with van der Waals surface area (Å²) in [5.41, 5.74) is 5.79. The number of aromatic nitrogens is 2. The van der Waals surface area contributed by atoms with Crippen LogP contribution < -0.4 is 0 Å². The Bertz CT molecular complexity index is 624. The standard InChI is InChI=1S/C15H15N3/c1-10-4-5-13(12(3)11(10)2)14-7-9-17-15(18-14)6-8-16/h4-5,7,9H,6H2,1-3H3. The third kappa shape index (κ3) is 2.23. The molecule has 0 aliphatic heterocycles. The van der Waals surface area contributed by atoms with Crippen molar-refractivity contribution in [1.29, 1.82) is 5.26 Å². The smallest absolute Gasteiger partial charge is 0.142 e. The number of rotatable bonds is 2. The van der Waals surface area contributed by atoms with Crippen LogP contribution >= 0.6 is 0 Å². The van der Waals surface area contributed by atoms with E-state index in [4.69, 9.17) is 5.26 Å². The van der Waals surface area contributed by atoms with Crippen LogP contribution in [0.1, 0.15) is 22.5 Å². The van der Waals surface area contributed by atoms with Crippen molar-refractivity contribution in [1.82, 2.24) is 9.97 Å². The van der Waals surface area contributed by atoms with Gasteiger partial charge >= 0.3 is 0 Å². The molecule has 0 saturated heterocycles. The van der Waals surface area contributed by atoms with Gasteiger partial charge in [-0.25, -0.2) is 9.97 Å². The average Bonchev–Trinajstić information content (AvgIpc) is 2.37. The molecule has 2 rings (SSSR count). The third-order valence-corrected chi connectivity index (χ3v) is 3.28. The fraction of sp³-hybridized carbons (Fsp3) is 0.267. The monoisotopic (exact) mass is 237 g/mol. The molecule has 3 nitrogen and oxygen atoms in total. The molecule has 2 aromatic rings. The Morgan fingerprint density at radius 2 is 1.89 bits per heavy atom. The van der Waals surface area contributed by atoms with Gasteiger partial charge in [0.25, 0.3) is 0 Å². The van der Waals surface area contributed by atoms with Crippen molar-refractivity contribution in [2.45, 2.75) is 27.2 Å². The Hall–Kier alpha value is -2.21. The van der Waals surface area contributed by atoms with E-state index in [1.807, 2.05) is 6.07 Å². The molecule has 3 heteroatoms. The second kappa shape index (κ2) is 4.97. The minimum absolute atomic E-state index is 0.248. The van der Waals surface area contributed by atoms with E-state index in [-0.39, 0.29) is 6.42 Å². The van der Waals surface area contributed by atoms with Gasteiger partial charge in [0.2, 0.25) is 0 Å². The average molecular weight is 237 g/mol. The highest BCUT2D eigenvalue weighted by Crippen LogP contribution is 2.25. The highest BCUT2D eigenvalue weighted by Gasteiger charge is 2.08. The largest absolute Gasteiger partial charge is 0.240 e. The summed E-state index contributed by atoms with van der Waals surface area (Å²) in [6.45, 7) is 6.32. The normalized spacial score (nSPS) is 10.1. The number of nitriles is 1. The third-order valence-electron chi connectivity index (χ3n) is 3.28. The lowest BCUT2D eigenvalue weighted by molar-refractivity contribution is 0.997. The SMILES string of the molecule is Cc1ccc(-c2ccnc(CC#N)n2)c(C)c1C. The lowest BCUT2D eigenvalue weighted by Crippen LogP contribution is -1.97. The topological polar surface area (TPSA) is 49.6 Å². The summed E-state index contributed by atoms with van der Waals surface area (Å²) in [6, 6.07) is 8.14. The van der Waals surface area contributed by atoms with Crippen LogP contribution in [0.15, 0.2) is 24.4 Å². The van der Waals surface area contributed by atoms with E-state index in [0.29, 0.717) is 5.82 Å². The van der Waals surface area contributed by atoms with Gasteiger partial charge in [-0.15, -0.1) is 0 Å². The first-order valence-electron chi connectivity index (χ1n) is 5.89. The summed E-state index contributed by atoms with van der Waals surface area (Å²) in [6.07, 6.45) is 1.96. The molecule has 90 valence electrons. The zero-order valence-corrected chi connectivity index (χ0v) is 10.9. The predicted octanol–water partition coefficient (Wildman–Crippen LogP) is 3.13. The van der Waals surface area contributed by atoms with E-state index in [2.05, 4.69) is 48.9 Å². The van der Waals surface area contributed by atoms with E-state index < -0.39 is 0 Å². The summed E-state index contributed by atoms with van der Waals surface area (Å²) >= 11 is 0. The van der Waals surface area contributed by atoms with Crippen molar-refractivity contribution in [3.05, 3.63) is 46.9 Å². The first-order chi connectivity index (χ1) is 8.63. The van der Waals surface area contributed by atoms with Gasteiger partial charge in [-0.3, -0.25) is 0 Å². The van der Waals surface area contributed by atoms with Gasteiger partial charge in [-0.2, -0.15) is 5.26 Å². The van der Waals surface area contributed by atoms with Crippen molar-refractivity contribution in [3.63, 3.8) is 0 Å². The van der Waals surface area contributed by atoms with Crippen molar-refractivity contribution in [2.24, 2.45) is 0 Å². The molecule has 0 unspecified atom stereocenters. The maximum Gasteiger partial charge on any atom is 0.142 e. The van der Waals surface area contributed by atoms with Crippen LogP contribution in [-0.4, -0.2) is 9.97 Å². The van der Waals surface area contributed by atoms with Crippen molar-refractivity contribution in [2.75, 3.05) is 0 Å². The number of nitrogens with zero attached hydrogens (tertiary/aromatic N) is 3. The molecule has 0 spiro atoms. The predicted molar refractivity (Wildman–Crippen MR) is 71.0 cm³/mol. The highest BCUT2D eigenvalue weighted by molar-refractivity contribution is 5.65. The molecule has 0 aliphatic carbocycles. The van der Waals surface area contributed by atoms with Gasteiger partial charge in [0.15, 0.2) is 0 Å². The molecule has 1 aromatic carbocycles. The lowest BCUT2D eigenvalue weighted by atomic mass is 9.97. The van der Waals surface area contributed by atoms with Gasteiger partial charge < -0.3 is 0 Å². The molecule has 0 N–H and O–H groups in total. The Balaban J connectivity index is 2.53. The summed E-state index contributed by atoms with van der Waals surface area (Å²) in [4.78, 5) is 8.52. The molecule has 0 atom stereocenters. The van der Waals surface area contributed by atoms with E-state index in [0.717, 1.165) is 11.3 Å². The molecular formula is C15H15N3. The van der Waals surface area contributed by atoms with Crippen LogP contribution in [0.4, 0.5) is 0 Å². The van der Waals surface area contributed by atoms with Crippen LogP contribution in [0.5, 0.6) is 0 Å². The van der Waals surface area contributed by atoms with E-state index in [1.54, 1.807) is 6.20 Å². The molecule has 0 aliphatic rings. The lowest BCUT2D eigenvalue weighted by Gasteiger charge is -2.11. The van der Waals surface area contributed by atoms with E-state index in [1.165, 1.54) is 16.7 Å². The first-order valence-corrected chi connectivity index (χ1v) is 5.89. The van der Waals surface area contributed by atoms with Crippen molar-refractivity contribution < 1.29 is 0 Å². The number of hydrogen-bond acceptors (Lipinski definition) is 3. The summed E-state index contributed by atoms with van der Waals surface area (Å²) in [5, 5.41) is 8.69. The fourth-order valence-corrected chi connectivity index (χ4v) is 1.94. The van der Waals surface area contributed by atoms with E-state index in [9.17, 15) is 0 Å². The minimum atomic E-state index is 0.248. The Labute approximate surface area is 107 Å². The molecule has 0 radical (unpaired) electrons. The second-order valence-corrected chi connectivity index (χ2v) is 4.37. The molecule has 18 heavy (non-hydrogen) atoms. The Morgan fingerprint density at radius 3 is 2.61 bits per heavy atom. The number of aryl methyl sites for hydroxylation is 1. The van der Waals surface area contributed by atoms with E-state index >= 15 is 0 Å². The maximum atomic E-state index is 8.69. The molecule has 0 bridgehead atoms. The summed E-state index contributed by atoms with van der Waals surface area (Å²) in [7, 11) is 0. The van der Waals surface area contributed by atoms with Crippen LogP contribution in [0, 0.1) is 32.1 Å². The van der Waals surface area contributed by atoms with Crippen molar-refractivity contribution >= 4 is 0 Å². The Morgan fingerprint density at radius 1 is 1.11 bits per heavy atom. The molecular weight excluding hydrogens is 222 g/mol. The summed E-state index contributed by atoms with van der Waals surface area (Å²) < 4.78 is 0. The quantitative estimate of drug-likeness (QED) is 0.806. The Kier molecular flexibility index (Phi) is 3.38. The van der Waals surface area contributed by atoms with Crippen LogP contribution in [0.2, 0.25) is 0 Å². The maximum absolute atomic E-state index is 8.69. The highest BCUT2D eigenvalue weighted by atomic mass is 14.9. The fourth-order valence-electron chi connectivity index (χ4n) is 1.94. The van der Waals surface area contributed by atoms with Crippen LogP contribution in [0.3, 0.4) is 0 Å². The van der Waals surface area contributed by atoms with Gasteiger partial charge in [0.1, 0.15) is 5.82 Å². The zero-order valence-electron chi connectivity index (χ0n) is 10.9. The molecule has 0 fully saturated rings.